The average molecular weight is 359 g/mol. The Morgan fingerprint density at radius 3 is 2.42 bits per heavy atom. The van der Waals surface area contributed by atoms with Gasteiger partial charge in [-0.05, 0) is 92.3 Å². The molecule has 26 heavy (non-hydrogen) atoms. The molecule has 0 bridgehead atoms. The van der Waals surface area contributed by atoms with E-state index in [9.17, 15) is 4.79 Å². The molecule has 146 valence electrons. The number of carbonyl (C=O) groups excluding carboxylic acids is 1. The highest BCUT2D eigenvalue weighted by molar-refractivity contribution is 5.79. The van der Waals surface area contributed by atoms with Crippen molar-refractivity contribution in [3.8, 4) is 0 Å². The van der Waals surface area contributed by atoms with Crippen LogP contribution in [0.2, 0.25) is 0 Å². The molecule has 0 radical (unpaired) electrons. The minimum absolute atomic E-state index is 0.428. The second kappa shape index (κ2) is 6.33. The predicted molar refractivity (Wildman–Crippen MR) is 104 cm³/mol. The minimum Gasteiger partial charge on any atom is -0.374 e. The molecule has 0 aromatic heterocycles. The number of fused-ring (bicyclic) bond motifs is 5. The monoisotopic (exact) mass is 358 g/mol. The number of hydrogen-bond donors (Lipinski definition) is 0. The molecule has 0 saturated heterocycles. The number of ketones is 1. The summed E-state index contributed by atoms with van der Waals surface area (Å²) in [4.78, 5) is 12.0. The van der Waals surface area contributed by atoms with Crippen LogP contribution in [-0.4, -0.2) is 18.0 Å². The Morgan fingerprint density at radius 1 is 0.846 bits per heavy atom. The van der Waals surface area contributed by atoms with Crippen molar-refractivity contribution < 1.29 is 9.53 Å². The maximum absolute atomic E-state index is 12.0. The molecule has 0 heterocycles. The van der Waals surface area contributed by atoms with E-state index in [0.717, 1.165) is 30.6 Å². The SMILES string of the molecule is C[C@]12CCC(=O)CC1CC[C@@H]1[C@H]2CC[C@]2(C)C(OC3CCCC3)CC[C@@H]12. The molecule has 0 aliphatic heterocycles. The van der Waals surface area contributed by atoms with Crippen molar-refractivity contribution in [1.29, 1.82) is 0 Å². The maximum atomic E-state index is 12.0. The zero-order valence-corrected chi connectivity index (χ0v) is 17.0. The van der Waals surface area contributed by atoms with Crippen LogP contribution in [0.15, 0.2) is 0 Å². The van der Waals surface area contributed by atoms with Crippen molar-refractivity contribution in [3.05, 3.63) is 0 Å². The van der Waals surface area contributed by atoms with Crippen molar-refractivity contribution in [1.82, 2.24) is 0 Å². The van der Waals surface area contributed by atoms with Crippen molar-refractivity contribution in [3.63, 3.8) is 0 Å². The molecule has 5 saturated carbocycles. The Bertz CT molecular complexity index is 565. The van der Waals surface area contributed by atoms with Crippen molar-refractivity contribution in [2.45, 2.75) is 110 Å². The third-order valence-corrected chi connectivity index (χ3v) is 10.1. The van der Waals surface area contributed by atoms with Gasteiger partial charge in [0.15, 0.2) is 0 Å². The summed E-state index contributed by atoms with van der Waals surface area (Å²) >= 11 is 0. The third-order valence-electron chi connectivity index (χ3n) is 10.1. The average Bonchev–Trinajstić information content (AvgIpc) is 3.24. The molecule has 5 aliphatic rings. The number of Topliss-reactive ketones (excluding diaryl/α,β-unsaturated/α-hetero) is 1. The molecule has 0 aromatic rings. The summed E-state index contributed by atoms with van der Waals surface area (Å²) in [5.74, 6) is 3.87. The van der Waals surface area contributed by atoms with Crippen LogP contribution in [0.4, 0.5) is 0 Å². The van der Waals surface area contributed by atoms with E-state index in [-0.39, 0.29) is 0 Å². The van der Waals surface area contributed by atoms with Crippen LogP contribution in [0.1, 0.15) is 97.3 Å². The van der Waals surface area contributed by atoms with Gasteiger partial charge in [-0.15, -0.1) is 0 Å². The Balaban J connectivity index is 1.35. The quantitative estimate of drug-likeness (QED) is 0.612. The van der Waals surface area contributed by atoms with Gasteiger partial charge in [-0.1, -0.05) is 26.7 Å². The highest BCUT2D eigenvalue weighted by Gasteiger charge is 2.60. The van der Waals surface area contributed by atoms with E-state index in [0.29, 0.717) is 34.7 Å². The number of ether oxygens (including phenoxy) is 1. The van der Waals surface area contributed by atoms with Gasteiger partial charge in [0.2, 0.25) is 0 Å². The van der Waals surface area contributed by atoms with Crippen molar-refractivity contribution >= 4 is 5.78 Å². The lowest BCUT2D eigenvalue weighted by Gasteiger charge is -2.60. The van der Waals surface area contributed by atoms with E-state index in [1.165, 1.54) is 70.6 Å². The fraction of sp³-hybridized carbons (Fsp3) is 0.958. The standard InChI is InChI=1S/C24H38O2/c1-23-13-11-17(25)15-16(23)7-8-19-20-9-10-22(26-18-5-3-4-6-18)24(20,2)14-12-21(19)23/h16,18-22H,3-15H2,1-2H3/t16?,19-,20-,21+,22?,23-,24-/m0/s1. The number of hydrogen-bond acceptors (Lipinski definition) is 2. The maximum Gasteiger partial charge on any atom is 0.133 e. The van der Waals surface area contributed by atoms with E-state index in [4.69, 9.17) is 4.74 Å². The molecule has 2 nitrogen and oxygen atoms in total. The van der Waals surface area contributed by atoms with Crippen LogP contribution in [0.3, 0.4) is 0 Å². The minimum atomic E-state index is 0.428. The molecule has 0 amide bonds. The Kier molecular flexibility index (Phi) is 4.31. The zero-order chi connectivity index (χ0) is 17.9. The fourth-order valence-corrected chi connectivity index (χ4v) is 8.48. The fourth-order valence-electron chi connectivity index (χ4n) is 8.48. The second-order valence-electron chi connectivity index (χ2n) is 11.1. The molecule has 7 atom stereocenters. The zero-order valence-electron chi connectivity index (χ0n) is 17.0. The summed E-state index contributed by atoms with van der Waals surface area (Å²) in [6.07, 6.45) is 17.5. The first-order chi connectivity index (χ1) is 12.5. The molecule has 0 spiro atoms. The second-order valence-corrected chi connectivity index (χ2v) is 11.1. The largest absolute Gasteiger partial charge is 0.374 e. The van der Waals surface area contributed by atoms with Gasteiger partial charge in [-0.2, -0.15) is 0 Å². The van der Waals surface area contributed by atoms with E-state index >= 15 is 0 Å². The highest BCUT2D eigenvalue weighted by atomic mass is 16.5. The van der Waals surface area contributed by atoms with E-state index < -0.39 is 0 Å². The van der Waals surface area contributed by atoms with Crippen LogP contribution < -0.4 is 0 Å². The lowest BCUT2D eigenvalue weighted by molar-refractivity contribution is -0.149. The van der Waals surface area contributed by atoms with E-state index in [2.05, 4.69) is 13.8 Å². The normalized spacial score (nSPS) is 51.8. The van der Waals surface area contributed by atoms with Crippen molar-refractivity contribution in [2.24, 2.45) is 34.5 Å². The Morgan fingerprint density at radius 2 is 1.62 bits per heavy atom. The van der Waals surface area contributed by atoms with Gasteiger partial charge in [0.05, 0.1) is 12.2 Å². The van der Waals surface area contributed by atoms with Gasteiger partial charge in [-0.3, -0.25) is 4.79 Å². The summed E-state index contributed by atoms with van der Waals surface area (Å²) in [6, 6.07) is 0. The van der Waals surface area contributed by atoms with Crippen molar-refractivity contribution in [2.75, 3.05) is 0 Å². The van der Waals surface area contributed by atoms with Gasteiger partial charge < -0.3 is 4.74 Å². The summed E-state index contributed by atoms with van der Waals surface area (Å²) < 4.78 is 6.73. The topological polar surface area (TPSA) is 26.3 Å². The molecule has 5 aliphatic carbocycles. The molecular weight excluding hydrogens is 320 g/mol. The predicted octanol–water partition coefficient (Wildman–Crippen LogP) is 5.93. The van der Waals surface area contributed by atoms with Gasteiger partial charge >= 0.3 is 0 Å². The first-order valence-electron chi connectivity index (χ1n) is 11.7. The molecule has 2 heteroatoms. The van der Waals surface area contributed by atoms with Crippen LogP contribution in [0.25, 0.3) is 0 Å². The Hall–Kier alpha value is -0.370. The summed E-state index contributed by atoms with van der Waals surface area (Å²) in [7, 11) is 0. The third kappa shape index (κ3) is 2.57. The molecule has 2 unspecified atom stereocenters. The van der Waals surface area contributed by atoms with Crippen LogP contribution in [-0.2, 0) is 9.53 Å². The van der Waals surface area contributed by atoms with Crippen LogP contribution in [0, 0.1) is 34.5 Å². The van der Waals surface area contributed by atoms with Gasteiger partial charge in [-0.25, -0.2) is 0 Å². The van der Waals surface area contributed by atoms with E-state index in [1.807, 2.05) is 0 Å². The first kappa shape index (κ1) is 17.7. The highest BCUT2D eigenvalue weighted by Crippen LogP contribution is 2.66. The summed E-state index contributed by atoms with van der Waals surface area (Å²) in [5.41, 5.74) is 0.875. The lowest BCUT2D eigenvalue weighted by atomic mass is 9.45. The molecule has 0 N–H and O–H groups in total. The van der Waals surface area contributed by atoms with Gasteiger partial charge in [0.1, 0.15) is 5.78 Å². The van der Waals surface area contributed by atoms with Crippen LogP contribution in [0.5, 0.6) is 0 Å². The number of carbonyl (C=O) groups is 1. The van der Waals surface area contributed by atoms with Crippen LogP contribution >= 0.6 is 0 Å². The lowest BCUT2D eigenvalue weighted by Crippen LogP contribution is -2.54. The van der Waals surface area contributed by atoms with Gasteiger partial charge in [0.25, 0.3) is 0 Å². The molecular formula is C24H38O2. The summed E-state index contributed by atoms with van der Waals surface area (Å²) in [6.45, 7) is 5.14. The first-order valence-corrected chi connectivity index (χ1v) is 11.7. The van der Waals surface area contributed by atoms with E-state index in [1.54, 1.807) is 0 Å². The smallest absolute Gasteiger partial charge is 0.133 e. The molecule has 5 fully saturated rings. The number of rotatable bonds is 2. The molecule has 5 rings (SSSR count). The Labute approximate surface area is 159 Å². The molecule has 0 aromatic carbocycles. The summed E-state index contributed by atoms with van der Waals surface area (Å²) in [5, 5.41) is 0. The van der Waals surface area contributed by atoms with Gasteiger partial charge in [0, 0.05) is 12.8 Å².